The molecule has 3 rings (SSSR count). The minimum atomic E-state index is -0.610. The van der Waals surface area contributed by atoms with Crippen LogP contribution in [0.3, 0.4) is 0 Å². The Morgan fingerprint density at radius 3 is 2.52 bits per heavy atom. The van der Waals surface area contributed by atoms with E-state index in [9.17, 15) is 9.59 Å². The fraction of sp³-hybridized carbons (Fsp3) is 0.263. The van der Waals surface area contributed by atoms with Gasteiger partial charge >= 0.3 is 0 Å². The molecule has 0 aliphatic carbocycles. The van der Waals surface area contributed by atoms with Crippen LogP contribution in [0.15, 0.2) is 54.4 Å². The zero-order valence-electron chi connectivity index (χ0n) is 15.4. The smallest absolute Gasteiger partial charge is 0.261 e. The van der Waals surface area contributed by atoms with E-state index in [1.807, 2.05) is 42.6 Å². The van der Waals surface area contributed by atoms with Gasteiger partial charge in [0.25, 0.3) is 5.91 Å². The lowest BCUT2D eigenvalue weighted by Crippen LogP contribution is -2.46. The fourth-order valence-corrected chi connectivity index (χ4v) is 3.33. The highest BCUT2D eigenvalue weighted by molar-refractivity contribution is 7.12. The predicted molar refractivity (Wildman–Crippen MR) is 104 cm³/mol. The quantitative estimate of drug-likeness (QED) is 0.710. The summed E-state index contributed by atoms with van der Waals surface area (Å²) in [4.78, 5) is 31.0. The molecule has 7 nitrogen and oxygen atoms in total. The number of amides is 2. The maximum absolute atomic E-state index is 12.7. The van der Waals surface area contributed by atoms with E-state index in [4.69, 9.17) is 0 Å². The van der Waals surface area contributed by atoms with Gasteiger partial charge in [-0.15, -0.1) is 11.3 Å². The van der Waals surface area contributed by atoms with Crippen molar-refractivity contribution in [3.63, 3.8) is 0 Å². The van der Waals surface area contributed by atoms with Crippen LogP contribution in [-0.4, -0.2) is 44.6 Å². The second-order valence-corrected chi connectivity index (χ2v) is 7.18. The van der Waals surface area contributed by atoms with Gasteiger partial charge in [-0.3, -0.25) is 9.59 Å². The minimum absolute atomic E-state index is 0.136. The molecule has 2 amide bonds. The normalized spacial score (nSPS) is 13.0. The molecule has 0 spiro atoms. The predicted octanol–water partition coefficient (Wildman–Crippen LogP) is 2.67. The molecule has 0 saturated carbocycles. The molecule has 2 aromatic heterocycles. The number of nitrogens with one attached hydrogen (secondary N) is 1. The average Bonchev–Trinajstić information content (AvgIpc) is 3.40. The van der Waals surface area contributed by atoms with Gasteiger partial charge in [0.05, 0.1) is 16.6 Å². The van der Waals surface area contributed by atoms with Gasteiger partial charge in [-0.2, -0.15) is 5.10 Å². The molecule has 0 aliphatic rings. The molecule has 1 N–H and O–H groups in total. The van der Waals surface area contributed by atoms with Crippen molar-refractivity contribution in [3.05, 3.63) is 64.9 Å². The highest BCUT2D eigenvalue weighted by atomic mass is 32.1. The number of nitrogens with zero attached hydrogens (tertiary/aromatic N) is 4. The molecule has 2 atom stereocenters. The summed E-state index contributed by atoms with van der Waals surface area (Å²) < 4.78 is 1.67. The Kier molecular flexibility index (Phi) is 5.66. The van der Waals surface area contributed by atoms with Gasteiger partial charge in [-0.1, -0.05) is 18.2 Å². The molecule has 8 heteroatoms. The first-order chi connectivity index (χ1) is 13.0. The lowest BCUT2D eigenvalue weighted by atomic mass is 10.1. The zero-order chi connectivity index (χ0) is 19.4. The summed E-state index contributed by atoms with van der Waals surface area (Å²) in [6.07, 6.45) is 3.11. The van der Waals surface area contributed by atoms with E-state index < -0.39 is 6.04 Å². The Morgan fingerprint density at radius 2 is 1.93 bits per heavy atom. The SMILES string of the molecule is CC(NC(=O)c1cccs1)C(=O)N(C)C(C)c1ccc(-n2cncn2)cc1. The molecule has 3 aromatic rings. The van der Waals surface area contributed by atoms with Crippen molar-refractivity contribution < 1.29 is 9.59 Å². The van der Waals surface area contributed by atoms with Crippen LogP contribution in [0.1, 0.15) is 35.1 Å². The summed E-state index contributed by atoms with van der Waals surface area (Å²) in [5.74, 6) is -0.378. The largest absolute Gasteiger partial charge is 0.340 e. The van der Waals surface area contributed by atoms with Crippen LogP contribution in [0.2, 0.25) is 0 Å². The van der Waals surface area contributed by atoms with Gasteiger partial charge in [0, 0.05) is 7.05 Å². The van der Waals surface area contributed by atoms with Crippen LogP contribution in [-0.2, 0) is 4.79 Å². The summed E-state index contributed by atoms with van der Waals surface area (Å²) in [5.41, 5.74) is 1.89. The van der Waals surface area contributed by atoms with Crippen LogP contribution in [0.25, 0.3) is 5.69 Å². The standard InChI is InChI=1S/C19H21N5O2S/c1-13(22-18(25)17-5-4-10-27-17)19(26)23(3)14(2)15-6-8-16(9-7-15)24-12-20-11-21-24/h4-14H,1-3H3,(H,22,25). The van der Waals surface area contributed by atoms with Crippen LogP contribution in [0.4, 0.5) is 0 Å². The average molecular weight is 383 g/mol. The fourth-order valence-electron chi connectivity index (χ4n) is 2.70. The lowest BCUT2D eigenvalue weighted by molar-refractivity contribution is -0.133. The number of carbonyl (C=O) groups is 2. The van der Waals surface area contributed by atoms with Gasteiger partial charge in [-0.05, 0) is 43.0 Å². The van der Waals surface area contributed by atoms with Gasteiger partial charge in [0.15, 0.2) is 0 Å². The van der Waals surface area contributed by atoms with Gasteiger partial charge < -0.3 is 10.2 Å². The Labute approximate surface area is 161 Å². The van der Waals surface area contributed by atoms with Crippen molar-refractivity contribution in [2.24, 2.45) is 0 Å². The molecule has 0 fully saturated rings. The summed E-state index contributed by atoms with van der Waals surface area (Å²) in [6.45, 7) is 3.65. The molecule has 0 saturated heterocycles. The van der Waals surface area contributed by atoms with Crippen molar-refractivity contribution in [1.29, 1.82) is 0 Å². The molecule has 2 unspecified atom stereocenters. The summed E-state index contributed by atoms with van der Waals surface area (Å²) in [6, 6.07) is 10.6. The summed E-state index contributed by atoms with van der Waals surface area (Å²) in [7, 11) is 1.74. The first-order valence-electron chi connectivity index (χ1n) is 8.53. The molecule has 140 valence electrons. The number of aromatic nitrogens is 3. The van der Waals surface area contributed by atoms with E-state index in [0.29, 0.717) is 4.88 Å². The zero-order valence-corrected chi connectivity index (χ0v) is 16.2. The number of carbonyl (C=O) groups excluding carboxylic acids is 2. The molecule has 1 aromatic carbocycles. The monoisotopic (exact) mass is 383 g/mol. The summed E-state index contributed by atoms with van der Waals surface area (Å²) in [5, 5.41) is 8.69. The van der Waals surface area contributed by atoms with Crippen LogP contribution >= 0.6 is 11.3 Å². The van der Waals surface area contributed by atoms with Crippen molar-refractivity contribution in [3.8, 4) is 5.69 Å². The second-order valence-electron chi connectivity index (χ2n) is 6.23. The molecular weight excluding hydrogens is 362 g/mol. The number of hydrogen-bond acceptors (Lipinski definition) is 5. The Hall–Kier alpha value is -3.00. The van der Waals surface area contributed by atoms with Gasteiger partial charge in [0.1, 0.15) is 18.7 Å². The van der Waals surface area contributed by atoms with Gasteiger partial charge in [-0.25, -0.2) is 9.67 Å². The van der Waals surface area contributed by atoms with E-state index in [1.54, 1.807) is 35.9 Å². The van der Waals surface area contributed by atoms with Crippen molar-refractivity contribution in [2.75, 3.05) is 7.05 Å². The molecule has 27 heavy (non-hydrogen) atoms. The molecule has 2 heterocycles. The highest BCUT2D eigenvalue weighted by Crippen LogP contribution is 2.21. The third kappa shape index (κ3) is 4.22. The van der Waals surface area contributed by atoms with Crippen LogP contribution < -0.4 is 5.32 Å². The van der Waals surface area contributed by atoms with E-state index in [1.165, 1.54) is 17.7 Å². The van der Waals surface area contributed by atoms with Gasteiger partial charge in [0.2, 0.25) is 5.91 Å². The Balaban J connectivity index is 1.64. The first-order valence-corrected chi connectivity index (χ1v) is 9.41. The highest BCUT2D eigenvalue weighted by Gasteiger charge is 2.24. The number of thiophene rings is 1. The topological polar surface area (TPSA) is 80.1 Å². The third-order valence-electron chi connectivity index (χ3n) is 4.45. The van der Waals surface area contributed by atoms with Crippen LogP contribution in [0.5, 0.6) is 0 Å². The molecule has 0 bridgehead atoms. The number of benzene rings is 1. The number of hydrogen-bond donors (Lipinski definition) is 1. The first kappa shape index (κ1) is 18.8. The summed E-state index contributed by atoms with van der Waals surface area (Å²) >= 11 is 1.35. The third-order valence-corrected chi connectivity index (χ3v) is 5.32. The van der Waals surface area contributed by atoms with E-state index in [-0.39, 0.29) is 17.9 Å². The van der Waals surface area contributed by atoms with E-state index in [0.717, 1.165) is 11.3 Å². The molecule has 0 aliphatic heterocycles. The lowest BCUT2D eigenvalue weighted by Gasteiger charge is -2.28. The maximum atomic E-state index is 12.7. The number of likely N-dealkylation sites (N-methyl/N-ethyl adjacent to an activating group) is 1. The Morgan fingerprint density at radius 1 is 1.19 bits per heavy atom. The van der Waals surface area contributed by atoms with E-state index >= 15 is 0 Å². The number of rotatable bonds is 6. The molecular formula is C19H21N5O2S. The van der Waals surface area contributed by atoms with E-state index in [2.05, 4.69) is 15.4 Å². The van der Waals surface area contributed by atoms with Crippen molar-refractivity contribution in [1.82, 2.24) is 25.0 Å². The van der Waals surface area contributed by atoms with Crippen molar-refractivity contribution in [2.45, 2.75) is 25.9 Å². The molecule has 0 radical (unpaired) electrons. The van der Waals surface area contributed by atoms with Crippen molar-refractivity contribution >= 4 is 23.2 Å². The maximum Gasteiger partial charge on any atom is 0.261 e. The minimum Gasteiger partial charge on any atom is -0.340 e. The Bertz CT molecular complexity index is 891. The van der Waals surface area contributed by atoms with Crippen LogP contribution in [0, 0.1) is 0 Å². The second kappa shape index (κ2) is 8.13.